The second-order valence-electron chi connectivity index (χ2n) is 8.25. The summed E-state index contributed by atoms with van der Waals surface area (Å²) in [4.78, 5) is 13.9. The van der Waals surface area contributed by atoms with Crippen LogP contribution in [0.1, 0.15) is 0 Å². The Hall–Kier alpha value is -4.01. The van der Waals surface area contributed by atoms with Gasteiger partial charge in [0.1, 0.15) is 29.6 Å². The quantitative estimate of drug-likeness (QED) is 0.198. The first-order valence-electron chi connectivity index (χ1n) is 11.4. The van der Waals surface area contributed by atoms with E-state index in [1.54, 1.807) is 50.5 Å². The normalized spacial score (nSPS) is 11.2. The van der Waals surface area contributed by atoms with E-state index in [9.17, 15) is 15.0 Å². The van der Waals surface area contributed by atoms with E-state index in [0.717, 1.165) is 26.3 Å². The summed E-state index contributed by atoms with van der Waals surface area (Å²) in [5.74, 6) is 2.42. The molecular formula is C28H28N2O5S. The fraction of sp³-hybridized carbons (Fsp3) is 0.179. The summed E-state index contributed by atoms with van der Waals surface area (Å²) in [7, 11) is 3.43. The molecule has 3 N–H and O–H groups in total. The average molecular weight is 505 g/mol. The standard InChI is InChI=1S/C28H28N2O5S/c1-30(2)26(33)4-3-15-29-16-17-34-22-10-12-23(13-11-22)35-27-24-14-9-21(32)18-25(24)36-28(27)19-5-7-20(31)8-6-19/h3-14,18,29,31-32H,15-17H2,1-2H3/b4-3+. The largest absolute Gasteiger partial charge is 0.508 e. The number of ether oxygens (including phenoxy) is 2. The molecule has 0 spiro atoms. The third-order valence-electron chi connectivity index (χ3n) is 5.31. The Balaban J connectivity index is 1.39. The van der Waals surface area contributed by atoms with Gasteiger partial charge in [-0.05, 0) is 72.3 Å². The average Bonchev–Trinajstić information content (AvgIpc) is 3.21. The van der Waals surface area contributed by atoms with Gasteiger partial charge in [0.05, 0.1) is 4.88 Å². The van der Waals surface area contributed by atoms with E-state index in [1.165, 1.54) is 16.2 Å². The molecule has 8 heteroatoms. The fourth-order valence-corrected chi connectivity index (χ4v) is 4.59. The van der Waals surface area contributed by atoms with Gasteiger partial charge >= 0.3 is 0 Å². The van der Waals surface area contributed by atoms with Crippen molar-refractivity contribution in [3.05, 3.63) is 78.9 Å². The van der Waals surface area contributed by atoms with Crippen LogP contribution in [-0.2, 0) is 4.79 Å². The first kappa shape index (κ1) is 25.1. The number of carbonyl (C=O) groups excluding carboxylic acids is 1. The molecular weight excluding hydrogens is 476 g/mol. The number of carbonyl (C=O) groups is 1. The number of hydrogen-bond acceptors (Lipinski definition) is 7. The minimum absolute atomic E-state index is 0.0425. The van der Waals surface area contributed by atoms with Gasteiger partial charge in [0, 0.05) is 43.3 Å². The summed E-state index contributed by atoms with van der Waals surface area (Å²) in [6, 6.07) is 19.6. The number of phenolic OH excluding ortho intramolecular Hbond substituents is 2. The highest BCUT2D eigenvalue weighted by atomic mass is 32.1. The van der Waals surface area contributed by atoms with Crippen LogP contribution in [0, 0.1) is 0 Å². The summed E-state index contributed by atoms with van der Waals surface area (Å²) >= 11 is 1.52. The van der Waals surface area contributed by atoms with Crippen molar-refractivity contribution in [1.29, 1.82) is 0 Å². The minimum atomic E-state index is -0.0425. The number of nitrogens with zero attached hydrogens (tertiary/aromatic N) is 1. The number of benzene rings is 3. The number of rotatable bonds is 10. The first-order chi connectivity index (χ1) is 17.4. The predicted molar refractivity (Wildman–Crippen MR) is 143 cm³/mol. The maximum atomic E-state index is 11.5. The van der Waals surface area contributed by atoms with Crippen LogP contribution in [0.3, 0.4) is 0 Å². The van der Waals surface area contributed by atoms with Crippen LogP contribution >= 0.6 is 11.3 Å². The molecule has 0 atom stereocenters. The van der Waals surface area contributed by atoms with Crippen molar-refractivity contribution in [3.63, 3.8) is 0 Å². The molecule has 0 fully saturated rings. The molecule has 0 aliphatic heterocycles. The van der Waals surface area contributed by atoms with E-state index < -0.39 is 0 Å². The molecule has 1 aromatic heterocycles. The van der Waals surface area contributed by atoms with Gasteiger partial charge in [-0.25, -0.2) is 0 Å². The zero-order valence-electron chi connectivity index (χ0n) is 20.1. The molecule has 4 rings (SSSR count). The van der Waals surface area contributed by atoms with E-state index in [2.05, 4.69) is 5.32 Å². The molecule has 0 saturated carbocycles. The highest BCUT2D eigenvalue weighted by Crippen LogP contribution is 2.47. The Morgan fingerprint density at radius 3 is 2.39 bits per heavy atom. The van der Waals surface area contributed by atoms with Crippen molar-refractivity contribution >= 4 is 27.3 Å². The number of amides is 1. The van der Waals surface area contributed by atoms with Crippen molar-refractivity contribution in [2.75, 3.05) is 33.8 Å². The van der Waals surface area contributed by atoms with Gasteiger partial charge in [-0.1, -0.05) is 6.08 Å². The van der Waals surface area contributed by atoms with Gasteiger partial charge in [0.2, 0.25) is 5.91 Å². The number of fused-ring (bicyclic) bond motifs is 1. The summed E-state index contributed by atoms with van der Waals surface area (Å²) in [5.41, 5.74) is 0.914. The van der Waals surface area contributed by atoms with E-state index in [1.807, 2.05) is 42.5 Å². The van der Waals surface area contributed by atoms with Crippen LogP contribution in [-0.4, -0.2) is 54.8 Å². The maximum Gasteiger partial charge on any atom is 0.245 e. The Bertz CT molecular complexity index is 1350. The second kappa shape index (κ2) is 11.6. The van der Waals surface area contributed by atoms with Crippen molar-refractivity contribution in [2.24, 2.45) is 0 Å². The fourth-order valence-electron chi connectivity index (χ4n) is 3.42. The Kier molecular flexibility index (Phi) is 8.10. The van der Waals surface area contributed by atoms with Crippen molar-refractivity contribution in [3.8, 4) is 39.2 Å². The van der Waals surface area contributed by atoms with Crippen LogP contribution in [0.4, 0.5) is 0 Å². The molecule has 186 valence electrons. The van der Waals surface area contributed by atoms with Crippen LogP contribution in [0.2, 0.25) is 0 Å². The van der Waals surface area contributed by atoms with Crippen molar-refractivity contribution in [1.82, 2.24) is 10.2 Å². The molecule has 1 amide bonds. The van der Waals surface area contributed by atoms with Gasteiger partial charge in [-0.15, -0.1) is 11.3 Å². The minimum Gasteiger partial charge on any atom is -0.508 e. The number of thiophene rings is 1. The number of aromatic hydroxyl groups is 2. The Morgan fingerprint density at radius 2 is 1.67 bits per heavy atom. The summed E-state index contributed by atoms with van der Waals surface area (Å²) in [6.45, 7) is 1.72. The summed E-state index contributed by atoms with van der Waals surface area (Å²) in [5, 5.41) is 23.7. The lowest BCUT2D eigenvalue weighted by Crippen LogP contribution is -2.22. The highest BCUT2D eigenvalue weighted by molar-refractivity contribution is 7.22. The predicted octanol–water partition coefficient (Wildman–Crippen LogP) is 5.38. The third-order valence-corrected chi connectivity index (χ3v) is 6.50. The van der Waals surface area contributed by atoms with Crippen LogP contribution in [0.5, 0.6) is 28.7 Å². The zero-order chi connectivity index (χ0) is 25.5. The van der Waals surface area contributed by atoms with Crippen LogP contribution in [0.15, 0.2) is 78.9 Å². The Labute approximate surface area is 213 Å². The van der Waals surface area contributed by atoms with Crippen LogP contribution in [0.25, 0.3) is 20.5 Å². The second-order valence-corrected chi connectivity index (χ2v) is 9.30. The number of likely N-dealkylation sites (N-methyl/N-ethyl adjacent to an activating group) is 1. The molecule has 0 radical (unpaired) electrons. The maximum absolute atomic E-state index is 11.5. The van der Waals surface area contributed by atoms with Gasteiger partial charge < -0.3 is 29.9 Å². The molecule has 4 aromatic rings. The number of hydrogen-bond donors (Lipinski definition) is 3. The monoisotopic (exact) mass is 504 g/mol. The third kappa shape index (κ3) is 6.35. The number of phenols is 2. The molecule has 7 nitrogen and oxygen atoms in total. The van der Waals surface area contributed by atoms with Gasteiger partial charge in [0.15, 0.2) is 5.75 Å². The smallest absolute Gasteiger partial charge is 0.245 e. The topological polar surface area (TPSA) is 91.3 Å². The van der Waals surface area contributed by atoms with Crippen molar-refractivity contribution < 1.29 is 24.5 Å². The van der Waals surface area contributed by atoms with Gasteiger partial charge in [-0.3, -0.25) is 4.79 Å². The van der Waals surface area contributed by atoms with Gasteiger partial charge in [-0.2, -0.15) is 0 Å². The summed E-state index contributed by atoms with van der Waals surface area (Å²) < 4.78 is 13.0. The molecule has 0 aliphatic carbocycles. The molecule has 0 bridgehead atoms. The zero-order valence-corrected chi connectivity index (χ0v) is 20.9. The van der Waals surface area contributed by atoms with Gasteiger partial charge in [0.25, 0.3) is 0 Å². The lowest BCUT2D eigenvalue weighted by Gasteiger charge is -2.10. The number of nitrogens with one attached hydrogen (secondary N) is 1. The molecule has 3 aromatic carbocycles. The van der Waals surface area contributed by atoms with E-state index >= 15 is 0 Å². The SMILES string of the molecule is CN(C)C(=O)/C=C/CNCCOc1ccc(Oc2c(-c3ccc(O)cc3)sc3cc(O)ccc23)cc1. The summed E-state index contributed by atoms with van der Waals surface area (Å²) in [6.07, 6.45) is 3.33. The van der Waals surface area contributed by atoms with E-state index in [4.69, 9.17) is 9.47 Å². The molecule has 1 heterocycles. The molecule has 0 unspecified atom stereocenters. The lowest BCUT2D eigenvalue weighted by molar-refractivity contribution is -0.123. The van der Waals surface area contributed by atoms with Crippen LogP contribution < -0.4 is 14.8 Å². The van der Waals surface area contributed by atoms with E-state index in [0.29, 0.717) is 31.2 Å². The molecule has 0 saturated heterocycles. The lowest BCUT2D eigenvalue weighted by atomic mass is 10.1. The Morgan fingerprint density at radius 1 is 0.972 bits per heavy atom. The van der Waals surface area contributed by atoms with E-state index in [-0.39, 0.29) is 17.4 Å². The van der Waals surface area contributed by atoms with Crippen molar-refractivity contribution in [2.45, 2.75) is 0 Å². The highest BCUT2D eigenvalue weighted by Gasteiger charge is 2.17. The molecule has 36 heavy (non-hydrogen) atoms. The first-order valence-corrected chi connectivity index (χ1v) is 12.3. The molecule has 0 aliphatic rings.